The quantitative estimate of drug-likeness (QED) is 0.0676. The number of aliphatic hydroxyl groups is 1. The summed E-state index contributed by atoms with van der Waals surface area (Å²) < 4.78 is 26.8. The van der Waals surface area contributed by atoms with Crippen LogP contribution in [-0.4, -0.2) is 67.2 Å². The fourth-order valence-corrected chi connectivity index (χ4v) is 3.85. The number of aliphatic hydroxyl groups excluding tert-OH is 1. The Kier molecular flexibility index (Phi) is 13.0. The monoisotopic (exact) mass is 593 g/mol. The molecule has 2 aromatic rings. The van der Waals surface area contributed by atoms with E-state index in [4.69, 9.17) is 23.7 Å². The van der Waals surface area contributed by atoms with Gasteiger partial charge in [-0.15, -0.1) is 0 Å². The molecule has 0 fully saturated rings. The highest BCUT2D eigenvalue weighted by molar-refractivity contribution is 6.14. The first-order chi connectivity index (χ1) is 20.8. The Morgan fingerprint density at radius 1 is 0.930 bits per heavy atom. The molecule has 0 spiro atoms. The number of esters is 2. The molecule has 1 unspecified atom stereocenters. The maximum Gasteiger partial charge on any atom is 0.331 e. The highest BCUT2D eigenvalue weighted by Gasteiger charge is 2.26. The molecule has 0 saturated carbocycles. The van der Waals surface area contributed by atoms with E-state index in [1.54, 1.807) is 48.5 Å². The molecule has 2 amide bonds. The zero-order chi connectivity index (χ0) is 31.0. The van der Waals surface area contributed by atoms with Crippen molar-refractivity contribution in [3.63, 3.8) is 0 Å². The first-order valence-electron chi connectivity index (χ1n) is 13.7. The highest BCUT2D eigenvalue weighted by atomic mass is 16.6. The van der Waals surface area contributed by atoms with Gasteiger partial charge in [-0.25, -0.2) is 4.79 Å². The van der Waals surface area contributed by atoms with Gasteiger partial charge in [0.2, 0.25) is 6.29 Å². The third-order valence-electron chi connectivity index (χ3n) is 6.11. The molecule has 0 aromatic heterocycles. The smallest absolute Gasteiger partial charge is 0.331 e. The summed E-state index contributed by atoms with van der Waals surface area (Å²) in [5.74, 6) is -0.786. The average Bonchev–Trinajstić information content (AvgIpc) is 3.33. The Labute approximate surface area is 249 Å². The van der Waals surface area contributed by atoms with Crippen LogP contribution in [0.3, 0.4) is 0 Å². The summed E-state index contributed by atoms with van der Waals surface area (Å²) in [7, 11) is 1.48. The molecule has 43 heavy (non-hydrogen) atoms. The van der Waals surface area contributed by atoms with Crippen LogP contribution < -0.4 is 14.2 Å². The second kappa shape index (κ2) is 17.1. The van der Waals surface area contributed by atoms with Crippen LogP contribution in [0, 0.1) is 0 Å². The molecule has 1 aliphatic heterocycles. The Hall–Kier alpha value is -4.90. The highest BCUT2D eigenvalue weighted by Crippen LogP contribution is 2.32. The molecule has 1 aliphatic rings. The van der Waals surface area contributed by atoms with E-state index < -0.39 is 30.0 Å². The molecule has 228 valence electrons. The van der Waals surface area contributed by atoms with Crippen molar-refractivity contribution in [2.24, 2.45) is 0 Å². The molecule has 1 N–H and O–H groups in total. The van der Waals surface area contributed by atoms with E-state index in [2.05, 4.69) is 6.58 Å². The Balaban J connectivity index is 1.33. The predicted molar refractivity (Wildman–Crippen MR) is 156 cm³/mol. The number of imide groups is 1. The molecular weight excluding hydrogens is 558 g/mol. The first-order valence-corrected chi connectivity index (χ1v) is 13.7. The molecule has 1 heterocycles. The lowest BCUT2D eigenvalue weighted by atomic mass is 10.1. The van der Waals surface area contributed by atoms with Crippen molar-refractivity contribution >= 4 is 29.8 Å². The van der Waals surface area contributed by atoms with Gasteiger partial charge in [0.25, 0.3) is 11.8 Å². The van der Waals surface area contributed by atoms with Gasteiger partial charge in [0.05, 0.1) is 20.3 Å². The molecule has 1 atom stereocenters. The lowest BCUT2D eigenvalue weighted by Gasteiger charge is -2.17. The van der Waals surface area contributed by atoms with Crippen LogP contribution in [0.25, 0.3) is 6.08 Å². The van der Waals surface area contributed by atoms with Crippen molar-refractivity contribution < 1.29 is 48.0 Å². The maximum atomic E-state index is 11.8. The van der Waals surface area contributed by atoms with Gasteiger partial charge >= 0.3 is 11.9 Å². The fourth-order valence-electron chi connectivity index (χ4n) is 3.85. The molecule has 0 aliphatic carbocycles. The second-order valence-electron chi connectivity index (χ2n) is 9.28. The van der Waals surface area contributed by atoms with E-state index in [0.717, 1.165) is 36.3 Å². The largest absolute Gasteiger partial charge is 0.494 e. The Morgan fingerprint density at radius 2 is 1.63 bits per heavy atom. The Morgan fingerprint density at radius 3 is 2.30 bits per heavy atom. The van der Waals surface area contributed by atoms with Gasteiger partial charge in [0.15, 0.2) is 11.5 Å². The number of nitrogens with zero attached hydrogens (tertiary/aromatic N) is 1. The molecule has 2 aromatic carbocycles. The molecule has 11 heteroatoms. The predicted octanol–water partition coefficient (Wildman–Crippen LogP) is 3.91. The molecule has 0 saturated heterocycles. The molecule has 0 bridgehead atoms. The van der Waals surface area contributed by atoms with Gasteiger partial charge in [-0.1, -0.05) is 18.7 Å². The summed E-state index contributed by atoms with van der Waals surface area (Å²) in [6.45, 7) is 3.95. The van der Waals surface area contributed by atoms with Crippen molar-refractivity contribution in [2.45, 2.75) is 32.0 Å². The second-order valence-corrected chi connectivity index (χ2v) is 9.28. The van der Waals surface area contributed by atoms with Crippen molar-refractivity contribution in [3.05, 3.63) is 84.5 Å². The lowest BCUT2D eigenvalue weighted by molar-refractivity contribution is -0.151. The van der Waals surface area contributed by atoms with Gasteiger partial charge in [-0.2, -0.15) is 0 Å². The number of amides is 2. The van der Waals surface area contributed by atoms with E-state index in [0.29, 0.717) is 41.4 Å². The van der Waals surface area contributed by atoms with E-state index in [1.807, 2.05) is 0 Å². The summed E-state index contributed by atoms with van der Waals surface area (Å²) >= 11 is 0. The number of rotatable bonds is 18. The number of carbonyl (C=O) groups excluding carboxylic acids is 4. The molecular formula is C32H35NO10. The standard InChI is InChI=1S/C32H35NO10/c1-3-18-41-30(36)17-9-23-8-14-26(27(21-23)39-2)43-32(38)24-10-12-25(13-11-24)40-19-6-4-5-7-20-42-31(37)22-33-28(34)15-16-29(33)35/h3,8-17,21,32,38H,1,4-7,18-20,22H2,2H3/b17-9+. The minimum atomic E-state index is -1.25. The van der Waals surface area contributed by atoms with Crippen molar-refractivity contribution in [1.29, 1.82) is 0 Å². The van der Waals surface area contributed by atoms with Gasteiger partial charge in [-0.05, 0) is 73.7 Å². The maximum absolute atomic E-state index is 11.8. The average molecular weight is 594 g/mol. The van der Waals surface area contributed by atoms with Crippen LogP contribution in [0.4, 0.5) is 0 Å². The minimum absolute atomic E-state index is 0.128. The number of unbranched alkanes of at least 4 members (excludes halogenated alkanes) is 3. The molecule has 3 rings (SSSR count). The van der Waals surface area contributed by atoms with Crippen molar-refractivity contribution in [1.82, 2.24) is 4.90 Å². The normalized spacial score (nSPS) is 13.2. The number of ether oxygens (including phenoxy) is 5. The third-order valence-corrected chi connectivity index (χ3v) is 6.11. The van der Waals surface area contributed by atoms with Gasteiger partial charge in [0.1, 0.15) is 18.9 Å². The first kappa shape index (κ1) is 32.6. The van der Waals surface area contributed by atoms with Crippen LogP contribution in [-0.2, 0) is 28.7 Å². The summed E-state index contributed by atoms with van der Waals surface area (Å²) in [6.07, 6.45) is 8.50. The lowest BCUT2D eigenvalue weighted by Crippen LogP contribution is -2.35. The Bertz CT molecular complexity index is 1310. The van der Waals surface area contributed by atoms with Crippen LogP contribution in [0.15, 0.2) is 73.3 Å². The zero-order valence-corrected chi connectivity index (χ0v) is 23.9. The number of hydrogen-bond acceptors (Lipinski definition) is 10. The topological polar surface area (TPSA) is 138 Å². The van der Waals surface area contributed by atoms with Crippen LogP contribution in [0.2, 0.25) is 0 Å². The summed E-state index contributed by atoms with van der Waals surface area (Å²) in [4.78, 5) is 47.2. The summed E-state index contributed by atoms with van der Waals surface area (Å²) in [5.41, 5.74) is 1.20. The van der Waals surface area contributed by atoms with Crippen LogP contribution in [0.1, 0.15) is 43.1 Å². The van der Waals surface area contributed by atoms with E-state index in [1.165, 1.54) is 19.3 Å². The SMILES string of the molecule is C=CCOC(=O)/C=C/c1ccc(OC(O)c2ccc(OCCCCCCOC(=O)CN3C(=O)C=CC3=O)cc2)c(OC)c1. The van der Waals surface area contributed by atoms with E-state index in [-0.39, 0.29) is 19.8 Å². The van der Waals surface area contributed by atoms with Crippen molar-refractivity contribution in [2.75, 3.05) is 33.5 Å². The fraction of sp³-hybridized carbons (Fsp3) is 0.312. The van der Waals surface area contributed by atoms with E-state index in [9.17, 15) is 24.3 Å². The van der Waals surface area contributed by atoms with Crippen molar-refractivity contribution in [3.8, 4) is 17.2 Å². The number of benzene rings is 2. The van der Waals surface area contributed by atoms with Gasteiger partial charge in [0, 0.05) is 23.8 Å². The number of hydrogen-bond donors (Lipinski definition) is 1. The third kappa shape index (κ3) is 10.8. The molecule has 0 radical (unpaired) electrons. The number of methoxy groups -OCH3 is 1. The zero-order valence-electron chi connectivity index (χ0n) is 23.9. The van der Waals surface area contributed by atoms with Gasteiger partial charge in [-0.3, -0.25) is 19.3 Å². The van der Waals surface area contributed by atoms with Gasteiger partial charge < -0.3 is 28.8 Å². The number of carbonyl (C=O) groups is 4. The summed E-state index contributed by atoms with van der Waals surface area (Å²) in [6, 6.07) is 11.9. The molecule has 11 nitrogen and oxygen atoms in total. The van der Waals surface area contributed by atoms with Crippen LogP contribution >= 0.6 is 0 Å². The minimum Gasteiger partial charge on any atom is -0.494 e. The summed E-state index contributed by atoms with van der Waals surface area (Å²) in [5, 5.41) is 10.6. The van der Waals surface area contributed by atoms with Crippen LogP contribution in [0.5, 0.6) is 17.2 Å². The van der Waals surface area contributed by atoms with E-state index >= 15 is 0 Å².